The zero-order valence-corrected chi connectivity index (χ0v) is 24.1. The highest BCUT2D eigenvalue weighted by atomic mass is 32.2. The highest BCUT2D eigenvalue weighted by molar-refractivity contribution is 7.93. The lowest BCUT2D eigenvalue weighted by molar-refractivity contribution is -0.144. The van der Waals surface area contributed by atoms with Crippen molar-refractivity contribution >= 4 is 24.1 Å². The summed E-state index contributed by atoms with van der Waals surface area (Å²) in [7, 11) is -5.02. The van der Waals surface area contributed by atoms with Crippen LogP contribution in [0.3, 0.4) is 0 Å². The Labute approximate surface area is 213 Å². The van der Waals surface area contributed by atoms with Crippen LogP contribution in [0.25, 0.3) is 0 Å². The van der Waals surface area contributed by atoms with Crippen LogP contribution in [0, 0.1) is 0 Å². The van der Waals surface area contributed by atoms with E-state index in [4.69, 9.17) is 9.16 Å². The lowest BCUT2D eigenvalue weighted by Crippen LogP contribution is -2.48. The summed E-state index contributed by atoms with van der Waals surface area (Å²) in [6, 6.07) is 8.13. The van der Waals surface area contributed by atoms with Crippen LogP contribution < -0.4 is 0 Å². The Bertz CT molecular complexity index is 965. The number of aliphatic hydroxyl groups is 1. The van der Waals surface area contributed by atoms with Gasteiger partial charge >= 0.3 is 5.97 Å². The van der Waals surface area contributed by atoms with Crippen LogP contribution in [-0.4, -0.2) is 52.4 Å². The van der Waals surface area contributed by atoms with Gasteiger partial charge in [-0.1, -0.05) is 77.2 Å². The third-order valence-corrected chi connectivity index (χ3v) is 14.5. The summed E-state index contributed by atoms with van der Waals surface area (Å²) in [4.78, 5) is 13.5. The Kier molecular flexibility index (Phi) is 10.3. The van der Waals surface area contributed by atoms with Gasteiger partial charge in [0.25, 0.3) is 0 Å². The van der Waals surface area contributed by atoms with Gasteiger partial charge in [0.05, 0.1) is 24.7 Å². The number of benzene rings is 1. The third-order valence-electron chi connectivity index (χ3n) is 7.57. The standard InChI is InChI=1S/C27H44O6SSi/c1-26(2,3)35(5,6)33-21-22-19-23(28)15-11-8-7-9-14-18-27(20-22,25(29)32-4)34(30,31)24-16-12-10-13-17-24/h10,12-13,16-17,19,23,28H,7-9,11,14-15,18,20-21H2,1-6H3/b22-19+. The molecule has 0 aliphatic heterocycles. The van der Waals surface area contributed by atoms with E-state index in [0.717, 1.165) is 25.7 Å². The summed E-state index contributed by atoms with van der Waals surface area (Å²) >= 11 is 0. The van der Waals surface area contributed by atoms with Crippen molar-refractivity contribution in [2.75, 3.05) is 13.7 Å². The number of carbonyl (C=O) groups is 1. The van der Waals surface area contributed by atoms with E-state index in [2.05, 4.69) is 33.9 Å². The van der Waals surface area contributed by atoms with E-state index in [1.807, 2.05) is 0 Å². The van der Waals surface area contributed by atoms with Gasteiger partial charge in [-0.2, -0.15) is 0 Å². The van der Waals surface area contributed by atoms with Crippen LogP contribution in [0.15, 0.2) is 46.9 Å². The van der Waals surface area contributed by atoms with E-state index in [9.17, 15) is 18.3 Å². The van der Waals surface area contributed by atoms with Crippen LogP contribution in [0.4, 0.5) is 0 Å². The Morgan fingerprint density at radius 2 is 1.69 bits per heavy atom. The number of sulfone groups is 1. The van der Waals surface area contributed by atoms with E-state index in [-0.39, 0.29) is 29.4 Å². The van der Waals surface area contributed by atoms with Crippen LogP contribution in [-0.2, 0) is 23.8 Å². The van der Waals surface area contributed by atoms with Crippen molar-refractivity contribution < 1.29 is 27.5 Å². The van der Waals surface area contributed by atoms with Crippen molar-refractivity contribution in [3.05, 3.63) is 42.0 Å². The smallest absolute Gasteiger partial charge is 0.327 e. The molecule has 0 saturated heterocycles. The van der Waals surface area contributed by atoms with Gasteiger partial charge in [-0.25, -0.2) is 8.42 Å². The van der Waals surface area contributed by atoms with Gasteiger partial charge in [-0.05, 0) is 48.7 Å². The van der Waals surface area contributed by atoms with Crippen LogP contribution in [0.5, 0.6) is 0 Å². The Balaban J connectivity index is 2.61. The topological polar surface area (TPSA) is 89.9 Å². The summed E-state index contributed by atoms with van der Waals surface area (Å²) in [6.07, 6.45) is 5.89. The molecule has 0 radical (unpaired) electrons. The quantitative estimate of drug-likeness (QED) is 0.287. The second-order valence-corrected chi connectivity index (χ2v) is 18.3. The second-order valence-electron chi connectivity index (χ2n) is 11.2. The normalized spacial score (nSPS) is 25.0. The molecule has 0 fully saturated rings. The molecule has 2 unspecified atom stereocenters. The molecule has 2 atom stereocenters. The maximum atomic E-state index is 14.1. The summed E-state index contributed by atoms with van der Waals surface area (Å²) < 4.78 is 38.0. The molecular formula is C27H44O6SSi. The van der Waals surface area contributed by atoms with Gasteiger partial charge in [0.2, 0.25) is 0 Å². The maximum absolute atomic E-state index is 14.1. The fourth-order valence-corrected chi connectivity index (χ4v) is 7.31. The summed E-state index contributed by atoms with van der Waals surface area (Å²) in [6.45, 7) is 10.9. The first-order valence-electron chi connectivity index (χ1n) is 12.7. The van der Waals surface area contributed by atoms with Crippen LogP contribution in [0.1, 0.15) is 72.1 Å². The summed E-state index contributed by atoms with van der Waals surface area (Å²) in [5.74, 6) is -0.758. The molecule has 8 heteroatoms. The summed E-state index contributed by atoms with van der Waals surface area (Å²) in [5.41, 5.74) is 0.632. The predicted molar refractivity (Wildman–Crippen MR) is 143 cm³/mol. The molecule has 2 rings (SSSR count). The number of ether oxygens (including phenoxy) is 1. The molecule has 198 valence electrons. The number of carbonyl (C=O) groups excluding carboxylic acids is 1. The first kappa shape index (κ1) is 29.7. The first-order valence-corrected chi connectivity index (χ1v) is 17.1. The van der Waals surface area contributed by atoms with E-state index in [0.29, 0.717) is 18.4 Å². The molecule has 6 nitrogen and oxygen atoms in total. The minimum atomic E-state index is -4.10. The Morgan fingerprint density at radius 1 is 1.09 bits per heavy atom. The van der Waals surface area contributed by atoms with Crippen molar-refractivity contribution in [1.82, 2.24) is 0 Å². The van der Waals surface area contributed by atoms with Gasteiger partial charge in [-0.15, -0.1) is 0 Å². The van der Waals surface area contributed by atoms with Gasteiger partial charge < -0.3 is 14.3 Å². The SMILES string of the molecule is COC(=O)C1(S(=O)(=O)c2ccccc2)CCCCCCCC(O)/C=C(/CO[Si](C)(C)C(C)(C)C)C1. The minimum Gasteiger partial charge on any atom is -0.468 e. The van der Waals surface area contributed by atoms with Crippen molar-refractivity contribution in [3.8, 4) is 0 Å². The van der Waals surface area contributed by atoms with Crippen LogP contribution in [0.2, 0.25) is 18.1 Å². The van der Waals surface area contributed by atoms with E-state index in [1.54, 1.807) is 24.3 Å². The van der Waals surface area contributed by atoms with Crippen molar-refractivity contribution in [1.29, 1.82) is 0 Å². The largest absolute Gasteiger partial charge is 0.468 e. The molecule has 1 aromatic carbocycles. The number of rotatable bonds is 6. The van der Waals surface area contributed by atoms with Crippen molar-refractivity contribution in [2.45, 2.75) is 106 Å². The highest BCUT2D eigenvalue weighted by Crippen LogP contribution is 2.40. The molecule has 0 aromatic heterocycles. The van der Waals surface area contributed by atoms with Crippen molar-refractivity contribution in [3.63, 3.8) is 0 Å². The van der Waals surface area contributed by atoms with Crippen LogP contribution >= 0.6 is 0 Å². The third kappa shape index (κ3) is 7.28. The molecule has 0 spiro atoms. The Hall–Kier alpha value is -1.48. The summed E-state index contributed by atoms with van der Waals surface area (Å²) in [5, 5.41) is 10.7. The zero-order valence-electron chi connectivity index (χ0n) is 22.3. The minimum absolute atomic E-state index is 0.0346. The van der Waals surface area contributed by atoms with E-state index < -0.39 is 35.0 Å². The maximum Gasteiger partial charge on any atom is 0.327 e. The molecule has 1 N–H and O–H groups in total. The predicted octanol–water partition coefficient (Wildman–Crippen LogP) is 5.82. The molecule has 1 aliphatic carbocycles. The van der Waals surface area contributed by atoms with Crippen molar-refractivity contribution in [2.24, 2.45) is 0 Å². The van der Waals surface area contributed by atoms with Gasteiger partial charge in [-0.3, -0.25) is 4.79 Å². The number of esters is 1. The Morgan fingerprint density at radius 3 is 2.29 bits per heavy atom. The molecular weight excluding hydrogens is 480 g/mol. The molecule has 0 bridgehead atoms. The number of hydrogen-bond acceptors (Lipinski definition) is 6. The lowest BCUT2D eigenvalue weighted by Gasteiger charge is -2.37. The second kappa shape index (κ2) is 12.2. The average molecular weight is 525 g/mol. The van der Waals surface area contributed by atoms with E-state index >= 15 is 0 Å². The number of hydrogen-bond donors (Lipinski definition) is 1. The molecule has 0 heterocycles. The lowest BCUT2D eigenvalue weighted by atomic mass is 9.90. The van der Waals surface area contributed by atoms with E-state index in [1.165, 1.54) is 19.2 Å². The number of aliphatic hydroxyl groups excluding tert-OH is 1. The molecule has 0 amide bonds. The molecule has 1 aliphatic rings. The first-order chi connectivity index (χ1) is 16.3. The number of methoxy groups -OCH3 is 1. The fraction of sp³-hybridized carbons (Fsp3) is 0.667. The monoisotopic (exact) mass is 524 g/mol. The van der Waals surface area contributed by atoms with Gasteiger partial charge in [0, 0.05) is 6.42 Å². The average Bonchev–Trinajstić information content (AvgIpc) is 2.79. The van der Waals surface area contributed by atoms with Gasteiger partial charge in [0.15, 0.2) is 22.9 Å². The highest BCUT2D eigenvalue weighted by Gasteiger charge is 2.52. The fourth-order valence-electron chi connectivity index (χ4n) is 4.28. The molecule has 35 heavy (non-hydrogen) atoms. The zero-order chi connectivity index (χ0) is 26.3. The van der Waals surface area contributed by atoms with Gasteiger partial charge in [0.1, 0.15) is 0 Å². The molecule has 1 aromatic rings. The molecule has 0 saturated carbocycles.